The molecule has 0 spiro atoms. The first kappa shape index (κ1) is 13.4. The summed E-state index contributed by atoms with van der Waals surface area (Å²) in [4.78, 5) is 15.2. The van der Waals surface area contributed by atoms with Gasteiger partial charge >= 0.3 is 0 Å². The minimum Gasteiger partial charge on any atom is -0.381 e. The maximum atomic E-state index is 12.2. The standard InChI is InChI=1S/C18H18N2O/c1-12-8-9-13(2)17-16(12)10-14(18(21)20-17)11-19-15-6-4-3-5-7-15/h3-10,19H,11H2,1-2H3,(H,20,21). The maximum Gasteiger partial charge on any atom is 0.253 e. The second kappa shape index (κ2) is 5.44. The summed E-state index contributed by atoms with van der Waals surface area (Å²) >= 11 is 0. The third kappa shape index (κ3) is 2.68. The summed E-state index contributed by atoms with van der Waals surface area (Å²) in [5.74, 6) is 0. The number of hydrogen-bond donors (Lipinski definition) is 2. The van der Waals surface area contributed by atoms with Crippen LogP contribution in [0.1, 0.15) is 16.7 Å². The third-order valence-corrected chi connectivity index (χ3v) is 3.78. The molecule has 0 aliphatic carbocycles. The topological polar surface area (TPSA) is 44.9 Å². The van der Waals surface area contributed by atoms with Gasteiger partial charge in [0.2, 0.25) is 0 Å². The molecule has 0 fully saturated rings. The predicted octanol–water partition coefficient (Wildman–Crippen LogP) is 3.76. The minimum absolute atomic E-state index is 0.0281. The summed E-state index contributed by atoms with van der Waals surface area (Å²) in [6.07, 6.45) is 0. The van der Waals surface area contributed by atoms with Gasteiger partial charge in [-0.25, -0.2) is 0 Å². The van der Waals surface area contributed by atoms with Crippen LogP contribution in [0.15, 0.2) is 53.3 Å². The van der Waals surface area contributed by atoms with Crippen LogP contribution < -0.4 is 10.9 Å². The van der Waals surface area contributed by atoms with Crippen molar-refractivity contribution >= 4 is 16.6 Å². The molecule has 3 rings (SSSR count). The van der Waals surface area contributed by atoms with Crippen molar-refractivity contribution in [2.75, 3.05) is 5.32 Å². The number of pyridine rings is 1. The molecular weight excluding hydrogens is 260 g/mol. The molecule has 0 saturated carbocycles. The van der Waals surface area contributed by atoms with Crippen molar-refractivity contribution in [3.63, 3.8) is 0 Å². The molecule has 0 bridgehead atoms. The van der Waals surface area contributed by atoms with Gasteiger partial charge in [0.05, 0.1) is 5.52 Å². The molecule has 2 N–H and O–H groups in total. The summed E-state index contributed by atoms with van der Waals surface area (Å²) in [6.45, 7) is 4.59. The molecule has 3 aromatic rings. The van der Waals surface area contributed by atoms with Crippen LogP contribution in [-0.4, -0.2) is 4.98 Å². The molecule has 2 aromatic carbocycles. The number of benzene rings is 2. The first-order valence-corrected chi connectivity index (χ1v) is 7.06. The number of aromatic amines is 1. The molecule has 0 saturated heterocycles. The number of hydrogen-bond acceptors (Lipinski definition) is 2. The van der Waals surface area contributed by atoms with Crippen molar-refractivity contribution in [1.82, 2.24) is 4.98 Å². The van der Waals surface area contributed by atoms with E-state index >= 15 is 0 Å². The minimum atomic E-state index is -0.0281. The molecule has 106 valence electrons. The van der Waals surface area contributed by atoms with Crippen LogP contribution in [0.5, 0.6) is 0 Å². The Morgan fingerprint density at radius 3 is 2.48 bits per heavy atom. The average molecular weight is 278 g/mol. The van der Waals surface area contributed by atoms with E-state index in [-0.39, 0.29) is 5.56 Å². The first-order valence-electron chi connectivity index (χ1n) is 7.06. The largest absolute Gasteiger partial charge is 0.381 e. The van der Waals surface area contributed by atoms with Crippen LogP contribution in [0.4, 0.5) is 5.69 Å². The zero-order chi connectivity index (χ0) is 14.8. The van der Waals surface area contributed by atoms with Crippen LogP contribution in [0, 0.1) is 13.8 Å². The van der Waals surface area contributed by atoms with Gasteiger partial charge in [-0.05, 0) is 43.2 Å². The smallest absolute Gasteiger partial charge is 0.253 e. The van der Waals surface area contributed by atoms with E-state index in [0.29, 0.717) is 6.54 Å². The number of fused-ring (bicyclic) bond motifs is 1. The lowest BCUT2D eigenvalue weighted by Crippen LogP contribution is -2.16. The maximum absolute atomic E-state index is 12.2. The Hall–Kier alpha value is -2.55. The number of rotatable bonds is 3. The fourth-order valence-electron chi connectivity index (χ4n) is 2.50. The molecule has 21 heavy (non-hydrogen) atoms. The van der Waals surface area contributed by atoms with Gasteiger partial charge in [-0.2, -0.15) is 0 Å². The zero-order valence-electron chi connectivity index (χ0n) is 12.2. The Bertz CT molecular complexity index is 835. The molecule has 1 aromatic heterocycles. The summed E-state index contributed by atoms with van der Waals surface area (Å²) in [7, 11) is 0. The molecule has 3 heteroatoms. The van der Waals surface area contributed by atoms with Crippen LogP contribution >= 0.6 is 0 Å². The van der Waals surface area contributed by atoms with Crippen molar-refractivity contribution in [1.29, 1.82) is 0 Å². The van der Waals surface area contributed by atoms with Crippen molar-refractivity contribution < 1.29 is 0 Å². The van der Waals surface area contributed by atoms with Crippen LogP contribution in [0.2, 0.25) is 0 Å². The van der Waals surface area contributed by atoms with Gasteiger partial charge in [0.1, 0.15) is 0 Å². The lowest BCUT2D eigenvalue weighted by Gasteiger charge is -2.09. The summed E-state index contributed by atoms with van der Waals surface area (Å²) in [5, 5.41) is 4.39. The average Bonchev–Trinajstić information content (AvgIpc) is 2.50. The van der Waals surface area contributed by atoms with Crippen LogP contribution in [0.25, 0.3) is 10.9 Å². The quantitative estimate of drug-likeness (QED) is 0.766. The third-order valence-electron chi connectivity index (χ3n) is 3.78. The van der Waals surface area contributed by atoms with Crippen LogP contribution in [-0.2, 0) is 6.54 Å². The van der Waals surface area contributed by atoms with Gasteiger partial charge in [0, 0.05) is 23.2 Å². The molecule has 3 nitrogen and oxygen atoms in total. The van der Waals surface area contributed by atoms with Crippen molar-refractivity contribution in [3.05, 3.63) is 75.6 Å². The molecule has 0 radical (unpaired) electrons. The van der Waals surface area contributed by atoms with Gasteiger partial charge < -0.3 is 10.3 Å². The molecule has 0 atom stereocenters. The number of aryl methyl sites for hydroxylation is 2. The Morgan fingerprint density at radius 2 is 1.71 bits per heavy atom. The van der Waals surface area contributed by atoms with Crippen molar-refractivity contribution in [2.24, 2.45) is 0 Å². The van der Waals surface area contributed by atoms with E-state index in [1.807, 2.05) is 49.4 Å². The van der Waals surface area contributed by atoms with Gasteiger partial charge in [-0.15, -0.1) is 0 Å². The second-order valence-electron chi connectivity index (χ2n) is 5.33. The van der Waals surface area contributed by atoms with E-state index in [1.54, 1.807) is 0 Å². The fourth-order valence-corrected chi connectivity index (χ4v) is 2.50. The Morgan fingerprint density at radius 1 is 1.00 bits per heavy atom. The highest BCUT2D eigenvalue weighted by Gasteiger charge is 2.06. The highest BCUT2D eigenvalue weighted by atomic mass is 16.1. The molecule has 0 unspecified atom stereocenters. The lowest BCUT2D eigenvalue weighted by atomic mass is 10.0. The normalized spacial score (nSPS) is 10.8. The SMILES string of the molecule is Cc1ccc(C)c2[nH]c(=O)c(CNc3ccccc3)cc12. The van der Waals surface area contributed by atoms with Gasteiger partial charge in [-0.1, -0.05) is 30.3 Å². The fraction of sp³-hybridized carbons (Fsp3) is 0.167. The van der Waals surface area contributed by atoms with E-state index in [4.69, 9.17) is 0 Å². The highest BCUT2D eigenvalue weighted by molar-refractivity contribution is 5.85. The predicted molar refractivity (Wildman–Crippen MR) is 87.8 cm³/mol. The van der Waals surface area contributed by atoms with Gasteiger partial charge in [-0.3, -0.25) is 4.79 Å². The van der Waals surface area contributed by atoms with Crippen LogP contribution in [0.3, 0.4) is 0 Å². The van der Waals surface area contributed by atoms with Gasteiger partial charge in [0.15, 0.2) is 0 Å². The summed E-state index contributed by atoms with van der Waals surface area (Å²) in [5.41, 5.74) is 4.93. The lowest BCUT2D eigenvalue weighted by molar-refractivity contribution is 1.09. The molecule has 0 amide bonds. The number of H-pyrrole nitrogens is 1. The van der Waals surface area contributed by atoms with E-state index in [9.17, 15) is 4.79 Å². The van der Waals surface area contributed by atoms with Crippen molar-refractivity contribution in [2.45, 2.75) is 20.4 Å². The Labute approximate surface area is 123 Å². The monoisotopic (exact) mass is 278 g/mol. The van der Waals surface area contributed by atoms with E-state index in [0.717, 1.165) is 27.7 Å². The van der Waals surface area contributed by atoms with Gasteiger partial charge in [0.25, 0.3) is 5.56 Å². The number of aromatic nitrogens is 1. The zero-order valence-corrected chi connectivity index (χ0v) is 12.2. The summed E-state index contributed by atoms with van der Waals surface area (Å²) in [6, 6.07) is 16.0. The van der Waals surface area contributed by atoms with Crippen molar-refractivity contribution in [3.8, 4) is 0 Å². The van der Waals surface area contributed by atoms with E-state index < -0.39 is 0 Å². The second-order valence-corrected chi connectivity index (χ2v) is 5.33. The molecule has 1 heterocycles. The highest BCUT2D eigenvalue weighted by Crippen LogP contribution is 2.20. The first-order chi connectivity index (χ1) is 10.1. The molecular formula is C18H18N2O. The summed E-state index contributed by atoms with van der Waals surface area (Å²) < 4.78 is 0. The number of nitrogens with one attached hydrogen (secondary N) is 2. The molecule has 0 aliphatic rings. The number of para-hydroxylation sites is 1. The Kier molecular flexibility index (Phi) is 3.48. The van der Waals surface area contributed by atoms with E-state index in [1.165, 1.54) is 5.56 Å². The molecule has 0 aliphatic heterocycles. The van der Waals surface area contributed by atoms with E-state index in [2.05, 4.69) is 23.3 Å². The number of anilines is 1. The Balaban J connectivity index is 1.98.